The maximum Gasteiger partial charge on any atom is 0.0522 e. The summed E-state index contributed by atoms with van der Waals surface area (Å²) in [6.45, 7) is 1.21. The fourth-order valence-electron chi connectivity index (χ4n) is 2.32. The molecule has 1 aromatic heterocycles. The van der Waals surface area contributed by atoms with Crippen LogP contribution >= 0.6 is 0 Å². The maximum absolute atomic E-state index is 4.20. The molecule has 1 aromatic rings. The van der Waals surface area contributed by atoms with Gasteiger partial charge in [-0.1, -0.05) is 0 Å². The fraction of sp³-hybridized carbons (Fsp3) is 0.636. The van der Waals surface area contributed by atoms with E-state index in [2.05, 4.69) is 16.6 Å². The zero-order valence-electron chi connectivity index (χ0n) is 8.53. The standard InChI is InChI=1S/C11H16N3/c1-14-7-8(5-13-14)4-11-10(6-12-11)9-2-3-9/h5,7,10-12H,2-4,6H2,1H3. The Hall–Kier alpha value is -0.830. The second kappa shape index (κ2) is 3.09. The molecule has 0 bridgehead atoms. The molecule has 2 atom stereocenters. The van der Waals surface area contributed by atoms with Crippen LogP contribution in [0.5, 0.6) is 0 Å². The number of nitrogens with zero attached hydrogens (tertiary/aromatic N) is 2. The number of hydrogen-bond donors (Lipinski definition) is 1. The van der Waals surface area contributed by atoms with E-state index in [4.69, 9.17) is 0 Å². The van der Waals surface area contributed by atoms with Gasteiger partial charge in [0.15, 0.2) is 0 Å². The first-order valence-corrected chi connectivity index (χ1v) is 5.38. The van der Waals surface area contributed by atoms with Crippen molar-refractivity contribution in [1.29, 1.82) is 0 Å². The average Bonchev–Trinajstić information content (AvgIpc) is 2.84. The molecule has 1 saturated heterocycles. The van der Waals surface area contributed by atoms with Gasteiger partial charge in [-0.25, -0.2) is 0 Å². The fourth-order valence-corrected chi connectivity index (χ4v) is 2.32. The molecule has 2 aliphatic rings. The van der Waals surface area contributed by atoms with Crippen molar-refractivity contribution < 1.29 is 0 Å². The van der Waals surface area contributed by atoms with Gasteiger partial charge in [-0.15, -0.1) is 0 Å². The van der Waals surface area contributed by atoms with E-state index >= 15 is 0 Å². The summed E-state index contributed by atoms with van der Waals surface area (Å²) < 4.78 is 1.88. The molecule has 1 aliphatic heterocycles. The summed E-state index contributed by atoms with van der Waals surface area (Å²) in [5, 5.41) is 7.71. The van der Waals surface area contributed by atoms with E-state index < -0.39 is 0 Å². The third kappa shape index (κ3) is 1.46. The molecule has 3 heteroatoms. The molecule has 0 spiro atoms. The number of rotatable bonds is 3. The highest BCUT2D eigenvalue weighted by molar-refractivity contribution is 5.20. The maximum atomic E-state index is 4.20. The third-order valence-electron chi connectivity index (χ3n) is 3.36. The van der Waals surface area contributed by atoms with E-state index in [1.54, 1.807) is 5.92 Å². The zero-order chi connectivity index (χ0) is 9.54. The zero-order valence-corrected chi connectivity index (χ0v) is 8.53. The van der Waals surface area contributed by atoms with E-state index in [-0.39, 0.29) is 0 Å². The van der Waals surface area contributed by atoms with E-state index in [1.165, 1.54) is 24.9 Å². The van der Waals surface area contributed by atoms with Crippen molar-refractivity contribution in [2.24, 2.45) is 13.0 Å². The first kappa shape index (κ1) is 8.48. The molecule has 1 N–H and O–H groups in total. The molecule has 0 amide bonds. The summed E-state index contributed by atoms with van der Waals surface area (Å²) in [4.78, 5) is 0. The van der Waals surface area contributed by atoms with Gasteiger partial charge in [0, 0.05) is 25.8 Å². The first-order chi connectivity index (χ1) is 6.83. The molecule has 3 nitrogen and oxygen atoms in total. The molecule has 1 radical (unpaired) electrons. The lowest BCUT2D eigenvalue weighted by Gasteiger charge is -2.38. The van der Waals surface area contributed by atoms with Crippen LogP contribution in [0.1, 0.15) is 18.4 Å². The van der Waals surface area contributed by atoms with Crippen LogP contribution in [-0.2, 0) is 13.5 Å². The quantitative estimate of drug-likeness (QED) is 0.768. The first-order valence-electron chi connectivity index (χ1n) is 5.38. The largest absolute Gasteiger partial charge is 0.313 e. The van der Waals surface area contributed by atoms with Crippen molar-refractivity contribution in [2.45, 2.75) is 25.3 Å². The van der Waals surface area contributed by atoms with Gasteiger partial charge in [-0.2, -0.15) is 5.10 Å². The van der Waals surface area contributed by atoms with Crippen molar-refractivity contribution >= 4 is 0 Å². The minimum atomic E-state index is 0.691. The number of hydrogen-bond acceptors (Lipinski definition) is 2. The molecular formula is C11H16N3. The molecule has 1 aliphatic carbocycles. The predicted molar refractivity (Wildman–Crippen MR) is 54.7 cm³/mol. The van der Waals surface area contributed by atoms with Crippen LogP contribution in [0.15, 0.2) is 12.4 Å². The van der Waals surface area contributed by atoms with Gasteiger partial charge in [-0.3, -0.25) is 4.68 Å². The van der Waals surface area contributed by atoms with Crippen LogP contribution in [0.4, 0.5) is 0 Å². The Morgan fingerprint density at radius 1 is 1.57 bits per heavy atom. The van der Waals surface area contributed by atoms with Crippen molar-refractivity contribution in [3.63, 3.8) is 0 Å². The predicted octanol–water partition coefficient (Wildman–Crippen LogP) is 0.919. The van der Waals surface area contributed by atoms with Crippen LogP contribution in [0.2, 0.25) is 0 Å². The van der Waals surface area contributed by atoms with Crippen molar-refractivity contribution in [1.82, 2.24) is 15.1 Å². The van der Waals surface area contributed by atoms with Gasteiger partial charge in [0.1, 0.15) is 0 Å². The van der Waals surface area contributed by atoms with Crippen molar-refractivity contribution in [3.8, 4) is 0 Å². The highest BCUT2D eigenvalue weighted by Gasteiger charge is 2.42. The Morgan fingerprint density at radius 2 is 2.43 bits per heavy atom. The van der Waals surface area contributed by atoms with Crippen LogP contribution in [0.3, 0.4) is 0 Å². The lowest BCUT2D eigenvalue weighted by atomic mass is 9.84. The molecule has 2 fully saturated rings. The van der Waals surface area contributed by atoms with Crippen molar-refractivity contribution in [2.75, 3.05) is 6.54 Å². The van der Waals surface area contributed by atoms with E-state index in [1.807, 2.05) is 17.9 Å². The van der Waals surface area contributed by atoms with E-state index in [9.17, 15) is 0 Å². The lowest BCUT2D eigenvalue weighted by molar-refractivity contribution is 0.258. The average molecular weight is 190 g/mol. The Labute approximate surface area is 84.5 Å². The molecule has 14 heavy (non-hydrogen) atoms. The summed E-state index contributed by atoms with van der Waals surface area (Å²) in [5.74, 6) is 2.66. The summed E-state index contributed by atoms with van der Waals surface area (Å²) in [7, 11) is 1.98. The number of aromatic nitrogens is 2. The molecule has 2 unspecified atom stereocenters. The lowest BCUT2D eigenvalue weighted by Crippen LogP contribution is -2.54. The molecule has 1 saturated carbocycles. The molecule has 0 aromatic carbocycles. The monoisotopic (exact) mass is 190 g/mol. The second-order valence-corrected chi connectivity index (χ2v) is 4.51. The molecule has 2 heterocycles. The normalized spacial score (nSPS) is 31.5. The Balaban J connectivity index is 1.61. The van der Waals surface area contributed by atoms with Gasteiger partial charge < -0.3 is 5.32 Å². The minimum absolute atomic E-state index is 0.691. The van der Waals surface area contributed by atoms with E-state index in [0.717, 1.165) is 12.3 Å². The van der Waals surface area contributed by atoms with Crippen LogP contribution in [-0.4, -0.2) is 22.4 Å². The van der Waals surface area contributed by atoms with Crippen LogP contribution < -0.4 is 5.32 Å². The van der Waals surface area contributed by atoms with Gasteiger partial charge in [0.05, 0.1) is 6.20 Å². The summed E-state index contributed by atoms with van der Waals surface area (Å²) in [6.07, 6.45) is 8.01. The minimum Gasteiger partial charge on any atom is -0.313 e. The highest BCUT2D eigenvalue weighted by atomic mass is 15.2. The topological polar surface area (TPSA) is 29.9 Å². The third-order valence-corrected chi connectivity index (χ3v) is 3.36. The second-order valence-electron chi connectivity index (χ2n) is 4.51. The molecular weight excluding hydrogens is 174 g/mol. The molecule has 75 valence electrons. The Morgan fingerprint density at radius 3 is 2.93 bits per heavy atom. The summed E-state index contributed by atoms with van der Waals surface area (Å²) >= 11 is 0. The summed E-state index contributed by atoms with van der Waals surface area (Å²) in [5.41, 5.74) is 1.36. The highest BCUT2D eigenvalue weighted by Crippen LogP contribution is 2.44. The van der Waals surface area contributed by atoms with Crippen LogP contribution in [0.25, 0.3) is 0 Å². The molecule has 3 rings (SSSR count). The van der Waals surface area contributed by atoms with Gasteiger partial charge >= 0.3 is 0 Å². The number of aryl methyl sites for hydroxylation is 1. The van der Waals surface area contributed by atoms with Gasteiger partial charge in [0.2, 0.25) is 0 Å². The van der Waals surface area contributed by atoms with E-state index in [0.29, 0.717) is 6.04 Å². The smallest absolute Gasteiger partial charge is 0.0522 e. The Kier molecular flexibility index (Phi) is 1.87. The summed E-state index contributed by atoms with van der Waals surface area (Å²) in [6, 6.07) is 0.691. The van der Waals surface area contributed by atoms with Gasteiger partial charge in [0.25, 0.3) is 0 Å². The SMILES string of the molecule is Cn1cc(CC2NCC2[C]2CC2)cn1. The Bertz CT molecular complexity index is 327. The van der Waals surface area contributed by atoms with Gasteiger partial charge in [-0.05, 0) is 36.7 Å². The number of nitrogens with one attached hydrogen (secondary N) is 1. The van der Waals surface area contributed by atoms with Crippen LogP contribution in [0, 0.1) is 11.8 Å². The van der Waals surface area contributed by atoms with Crippen molar-refractivity contribution in [3.05, 3.63) is 23.9 Å².